The molecule has 2 heterocycles. The second kappa shape index (κ2) is 7.92. The fourth-order valence-corrected chi connectivity index (χ4v) is 3.61. The Morgan fingerprint density at radius 3 is 2.50 bits per heavy atom. The van der Waals surface area contributed by atoms with Crippen LogP contribution in [0.1, 0.15) is 0 Å². The predicted molar refractivity (Wildman–Crippen MR) is 110 cm³/mol. The summed E-state index contributed by atoms with van der Waals surface area (Å²) in [6.45, 7) is -0.284. The molecule has 0 aliphatic carbocycles. The number of halogens is 2. The van der Waals surface area contributed by atoms with E-state index < -0.39 is 29.8 Å². The van der Waals surface area contributed by atoms with E-state index in [2.05, 4.69) is 15.7 Å². The van der Waals surface area contributed by atoms with Crippen molar-refractivity contribution in [2.45, 2.75) is 12.1 Å². The zero-order valence-corrected chi connectivity index (χ0v) is 17.1. The topological polar surface area (TPSA) is 104 Å². The first-order chi connectivity index (χ1) is 14.4. The fraction of sp³-hybridized carbons (Fsp3) is 0.211. The van der Waals surface area contributed by atoms with Gasteiger partial charge in [0, 0.05) is 10.0 Å². The third kappa shape index (κ3) is 3.57. The predicted octanol–water partition coefficient (Wildman–Crippen LogP) is 2.93. The van der Waals surface area contributed by atoms with Crippen LogP contribution in [0.15, 0.2) is 52.8 Å². The van der Waals surface area contributed by atoms with Crippen LogP contribution in [0.3, 0.4) is 0 Å². The average molecular weight is 448 g/mol. The second-order valence-corrected chi connectivity index (χ2v) is 7.45. The van der Waals surface area contributed by atoms with Gasteiger partial charge in [0.05, 0.1) is 18.5 Å². The number of imide groups is 1. The largest absolute Gasteiger partial charge is 0.495 e. The van der Waals surface area contributed by atoms with Crippen LogP contribution in [0, 0.1) is 0 Å². The van der Waals surface area contributed by atoms with Gasteiger partial charge in [-0.2, -0.15) is 5.11 Å². The van der Waals surface area contributed by atoms with Crippen molar-refractivity contribution >= 4 is 52.3 Å². The maximum atomic E-state index is 12.9. The standard InChI is InChI=1S/C19H15Cl2N5O4/c1-30-14-7-4-11(21)8-13(14)22-15(27)9-25-17-16(23-24-25)18(28)26(19(17)29)12-5-2-10(20)3-6-12/h2-8,16-17H,9H2,1H3,(H,22,27)/t16-,17-/m0/s1. The number of benzene rings is 2. The van der Waals surface area contributed by atoms with Crippen molar-refractivity contribution in [1.82, 2.24) is 5.01 Å². The highest BCUT2D eigenvalue weighted by Gasteiger charge is 2.55. The van der Waals surface area contributed by atoms with Crippen LogP contribution in [0.25, 0.3) is 0 Å². The highest BCUT2D eigenvalue weighted by Crippen LogP contribution is 2.32. The molecule has 0 spiro atoms. The van der Waals surface area contributed by atoms with Gasteiger partial charge < -0.3 is 10.1 Å². The van der Waals surface area contributed by atoms with E-state index in [1.807, 2.05) is 0 Å². The van der Waals surface area contributed by atoms with Gasteiger partial charge in [-0.1, -0.05) is 28.4 Å². The van der Waals surface area contributed by atoms with Crippen LogP contribution >= 0.6 is 23.2 Å². The minimum atomic E-state index is -0.998. The summed E-state index contributed by atoms with van der Waals surface area (Å²) in [5.41, 5.74) is 0.756. The Morgan fingerprint density at radius 2 is 1.80 bits per heavy atom. The van der Waals surface area contributed by atoms with Crippen molar-refractivity contribution in [2.75, 3.05) is 23.9 Å². The molecule has 1 saturated heterocycles. The molecule has 2 atom stereocenters. The first-order valence-electron chi connectivity index (χ1n) is 8.83. The molecular weight excluding hydrogens is 433 g/mol. The van der Waals surface area contributed by atoms with E-state index in [4.69, 9.17) is 27.9 Å². The number of hydrogen-bond donors (Lipinski definition) is 1. The van der Waals surface area contributed by atoms with Crippen molar-refractivity contribution in [2.24, 2.45) is 10.3 Å². The molecule has 0 saturated carbocycles. The summed E-state index contributed by atoms with van der Waals surface area (Å²) < 4.78 is 5.20. The molecule has 30 heavy (non-hydrogen) atoms. The minimum absolute atomic E-state index is 0.284. The summed E-state index contributed by atoms with van der Waals surface area (Å²) in [5.74, 6) is -1.06. The van der Waals surface area contributed by atoms with E-state index in [0.29, 0.717) is 27.2 Å². The van der Waals surface area contributed by atoms with E-state index in [1.165, 1.54) is 12.1 Å². The lowest BCUT2D eigenvalue weighted by atomic mass is 10.1. The molecule has 0 bridgehead atoms. The van der Waals surface area contributed by atoms with Gasteiger partial charge in [-0.3, -0.25) is 19.4 Å². The number of anilines is 2. The van der Waals surface area contributed by atoms with E-state index >= 15 is 0 Å². The summed E-state index contributed by atoms with van der Waals surface area (Å²) in [7, 11) is 1.46. The highest BCUT2D eigenvalue weighted by atomic mass is 35.5. The van der Waals surface area contributed by atoms with Crippen LogP contribution in [0.5, 0.6) is 5.75 Å². The molecule has 2 aromatic rings. The van der Waals surface area contributed by atoms with E-state index in [0.717, 1.165) is 4.90 Å². The van der Waals surface area contributed by atoms with E-state index in [-0.39, 0.29) is 6.54 Å². The summed E-state index contributed by atoms with van der Waals surface area (Å²) in [4.78, 5) is 39.2. The average Bonchev–Trinajstić information content (AvgIpc) is 3.23. The van der Waals surface area contributed by atoms with Crippen molar-refractivity contribution in [1.29, 1.82) is 0 Å². The van der Waals surface area contributed by atoms with Crippen LogP contribution in [0.4, 0.5) is 11.4 Å². The fourth-order valence-electron chi connectivity index (χ4n) is 3.31. The van der Waals surface area contributed by atoms with Gasteiger partial charge in [0.1, 0.15) is 12.3 Å². The van der Waals surface area contributed by atoms with Crippen LogP contribution in [-0.2, 0) is 14.4 Å². The van der Waals surface area contributed by atoms with E-state index in [1.54, 1.807) is 42.5 Å². The maximum Gasteiger partial charge on any atom is 0.263 e. The molecule has 2 aromatic carbocycles. The number of rotatable bonds is 5. The Morgan fingerprint density at radius 1 is 1.10 bits per heavy atom. The molecule has 154 valence electrons. The SMILES string of the molecule is COc1ccc(Cl)cc1NC(=O)CN1N=N[C@@H]2C(=O)N(c3ccc(Cl)cc3)C(=O)[C@H]21. The molecule has 0 aromatic heterocycles. The number of carbonyl (C=O) groups is 3. The number of amides is 3. The summed E-state index contributed by atoms with van der Waals surface area (Å²) in [6, 6.07) is 9.10. The molecule has 2 aliphatic heterocycles. The quantitative estimate of drug-likeness (QED) is 0.709. The molecule has 4 rings (SSSR count). The monoisotopic (exact) mass is 447 g/mol. The van der Waals surface area contributed by atoms with Gasteiger partial charge in [0.2, 0.25) is 5.91 Å². The molecule has 0 radical (unpaired) electrons. The molecular formula is C19H15Cl2N5O4. The zero-order chi connectivity index (χ0) is 21.4. The summed E-state index contributed by atoms with van der Waals surface area (Å²) >= 11 is 11.8. The van der Waals surface area contributed by atoms with Gasteiger partial charge in [0.15, 0.2) is 12.1 Å². The third-order valence-corrected chi connectivity index (χ3v) is 5.17. The van der Waals surface area contributed by atoms with Gasteiger partial charge >= 0.3 is 0 Å². The van der Waals surface area contributed by atoms with Crippen molar-refractivity contribution in [3.63, 3.8) is 0 Å². The van der Waals surface area contributed by atoms with Crippen LogP contribution in [-0.4, -0.2) is 48.5 Å². The number of hydrogen-bond acceptors (Lipinski definition) is 7. The first-order valence-corrected chi connectivity index (χ1v) is 9.59. The number of carbonyl (C=O) groups excluding carboxylic acids is 3. The number of nitrogens with one attached hydrogen (secondary N) is 1. The maximum absolute atomic E-state index is 12.9. The molecule has 11 heteroatoms. The van der Waals surface area contributed by atoms with Gasteiger partial charge in [-0.25, -0.2) is 4.90 Å². The Kier molecular flexibility index (Phi) is 5.31. The Hall–Kier alpha value is -3.17. The Balaban J connectivity index is 1.49. The lowest BCUT2D eigenvalue weighted by Crippen LogP contribution is -2.43. The molecule has 1 N–H and O–H groups in total. The Labute approximate surface area is 181 Å². The first kappa shape index (κ1) is 20.1. The molecule has 0 unspecified atom stereocenters. The van der Waals surface area contributed by atoms with Gasteiger partial charge in [-0.15, -0.1) is 0 Å². The van der Waals surface area contributed by atoms with Gasteiger partial charge in [-0.05, 0) is 42.5 Å². The lowest BCUT2D eigenvalue weighted by Gasteiger charge is -2.20. The zero-order valence-electron chi connectivity index (χ0n) is 15.6. The minimum Gasteiger partial charge on any atom is -0.495 e. The molecule has 3 amide bonds. The van der Waals surface area contributed by atoms with Crippen LogP contribution in [0.2, 0.25) is 10.0 Å². The second-order valence-electron chi connectivity index (χ2n) is 6.57. The molecule has 2 aliphatic rings. The van der Waals surface area contributed by atoms with E-state index in [9.17, 15) is 14.4 Å². The summed E-state index contributed by atoms with van der Waals surface area (Å²) in [6.07, 6.45) is 0. The van der Waals surface area contributed by atoms with Crippen LogP contribution < -0.4 is 15.0 Å². The number of fused-ring (bicyclic) bond motifs is 1. The van der Waals surface area contributed by atoms with Crippen molar-refractivity contribution in [3.05, 3.63) is 52.5 Å². The molecule has 9 nitrogen and oxygen atoms in total. The molecule has 1 fully saturated rings. The highest BCUT2D eigenvalue weighted by molar-refractivity contribution is 6.31. The lowest BCUT2D eigenvalue weighted by molar-refractivity contribution is -0.123. The number of methoxy groups -OCH3 is 1. The summed E-state index contributed by atoms with van der Waals surface area (Å²) in [5, 5.41) is 12.5. The normalized spacial score (nSPS) is 20.0. The van der Waals surface area contributed by atoms with Crippen molar-refractivity contribution in [3.8, 4) is 5.75 Å². The number of nitrogens with zero attached hydrogens (tertiary/aromatic N) is 4. The van der Waals surface area contributed by atoms with Crippen molar-refractivity contribution < 1.29 is 19.1 Å². The number of ether oxygens (including phenoxy) is 1. The smallest absolute Gasteiger partial charge is 0.263 e. The van der Waals surface area contributed by atoms with Gasteiger partial charge in [0.25, 0.3) is 11.8 Å². The Bertz CT molecular complexity index is 1060. The third-order valence-electron chi connectivity index (χ3n) is 4.68.